The summed E-state index contributed by atoms with van der Waals surface area (Å²) in [7, 11) is 0. The van der Waals surface area contributed by atoms with Gasteiger partial charge in [-0.3, -0.25) is 4.79 Å². The van der Waals surface area contributed by atoms with E-state index in [1.165, 1.54) is 13.0 Å². The van der Waals surface area contributed by atoms with Crippen LogP contribution >= 0.6 is 11.8 Å². The second kappa shape index (κ2) is 6.91. The zero-order valence-corrected chi connectivity index (χ0v) is 12.7. The normalized spacial score (nSPS) is 13.8. The number of fused-ring (bicyclic) bond motifs is 1. The van der Waals surface area contributed by atoms with E-state index in [1.807, 2.05) is 0 Å². The Kier molecular flexibility index (Phi) is 5.18. The number of carboxylic acid groups (broad SMARTS) is 1. The number of thioether (sulfide) groups is 1. The molecule has 0 bridgehead atoms. The highest BCUT2D eigenvalue weighted by atomic mass is 32.2. The molecule has 0 aliphatic rings. The number of rotatable bonds is 5. The van der Waals surface area contributed by atoms with Crippen LogP contribution in [0.1, 0.15) is 28.9 Å². The van der Waals surface area contributed by atoms with Crippen LogP contribution < -0.4 is 0 Å². The maximum atomic E-state index is 11.3. The van der Waals surface area contributed by atoms with Crippen molar-refractivity contribution in [3.8, 4) is 0 Å². The predicted molar refractivity (Wildman–Crippen MR) is 85.0 cm³/mol. The lowest BCUT2D eigenvalue weighted by Gasteiger charge is -2.19. The monoisotopic (exact) mass is 320 g/mol. The van der Waals surface area contributed by atoms with Crippen molar-refractivity contribution in [1.29, 1.82) is 0 Å². The molecule has 0 radical (unpaired) electrons. The molecule has 0 heterocycles. The SMILES string of the molecule is CC(=O)SCC(O)C(O)c1cccc2c(C(=O)O)cccc12. The molecule has 0 aliphatic carbocycles. The Morgan fingerprint density at radius 2 is 1.73 bits per heavy atom. The van der Waals surface area contributed by atoms with Gasteiger partial charge in [-0.25, -0.2) is 4.79 Å². The fourth-order valence-corrected chi connectivity index (χ4v) is 2.87. The molecule has 0 amide bonds. The third-order valence-corrected chi connectivity index (χ3v) is 4.24. The van der Waals surface area contributed by atoms with Crippen molar-refractivity contribution < 1.29 is 24.9 Å². The van der Waals surface area contributed by atoms with E-state index in [0.717, 1.165) is 11.8 Å². The average molecular weight is 320 g/mol. The molecular weight excluding hydrogens is 304 g/mol. The van der Waals surface area contributed by atoms with Crippen LogP contribution in [0.15, 0.2) is 36.4 Å². The van der Waals surface area contributed by atoms with Gasteiger partial charge in [0.25, 0.3) is 0 Å². The predicted octanol–water partition coefficient (Wildman–Crippen LogP) is 2.21. The average Bonchev–Trinajstić information content (AvgIpc) is 2.50. The third-order valence-electron chi connectivity index (χ3n) is 3.33. The summed E-state index contributed by atoms with van der Waals surface area (Å²) in [4.78, 5) is 22.2. The number of aliphatic hydroxyl groups is 2. The summed E-state index contributed by atoms with van der Waals surface area (Å²) >= 11 is 0.933. The Bertz CT molecular complexity index is 713. The third kappa shape index (κ3) is 3.47. The maximum absolute atomic E-state index is 11.3. The van der Waals surface area contributed by atoms with Crippen molar-refractivity contribution in [3.05, 3.63) is 47.5 Å². The minimum atomic E-state index is -1.19. The lowest BCUT2D eigenvalue weighted by Crippen LogP contribution is -2.21. The number of hydrogen-bond acceptors (Lipinski definition) is 5. The van der Waals surface area contributed by atoms with E-state index in [2.05, 4.69) is 0 Å². The van der Waals surface area contributed by atoms with Crippen molar-refractivity contribution in [1.82, 2.24) is 0 Å². The Hall–Kier alpha value is -1.89. The van der Waals surface area contributed by atoms with Crippen molar-refractivity contribution in [2.45, 2.75) is 19.1 Å². The first-order chi connectivity index (χ1) is 10.4. The van der Waals surface area contributed by atoms with Gasteiger partial charge in [0.05, 0.1) is 11.7 Å². The highest BCUT2D eigenvalue weighted by molar-refractivity contribution is 8.13. The van der Waals surface area contributed by atoms with E-state index in [9.17, 15) is 24.9 Å². The standard InChI is InChI=1S/C16H16O5S/c1-9(17)22-8-14(18)15(19)12-6-2-5-11-10(12)4-3-7-13(11)16(20)21/h2-7,14-15,18-19H,8H2,1H3,(H,20,21). The highest BCUT2D eigenvalue weighted by Crippen LogP contribution is 2.29. The first-order valence-corrected chi connectivity index (χ1v) is 7.64. The second-order valence-corrected chi connectivity index (χ2v) is 6.06. The first kappa shape index (κ1) is 16.5. The van der Waals surface area contributed by atoms with Crippen LogP contribution in [-0.4, -0.2) is 38.3 Å². The van der Waals surface area contributed by atoms with Crippen molar-refractivity contribution >= 4 is 33.6 Å². The molecule has 5 nitrogen and oxygen atoms in total. The smallest absolute Gasteiger partial charge is 0.336 e. The van der Waals surface area contributed by atoms with Crippen LogP contribution in [0.5, 0.6) is 0 Å². The molecule has 2 unspecified atom stereocenters. The number of aliphatic hydroxyl groups excluding tert-OH is 2. The van der Waals surface area contributed by atoms with Gasteiger partial charge < -0.3 is 15.3 Å². The van der Waals surface area contributed by atoms with Crippen LogP contribution in [0.3, 0.4) is 0 Å². The molecule has 0 saturated heterocycles. The molecule has 2 aromatic carbocycles. The molecule has 3 N–H and O–H groups in total. The molecular formula is C16H16O5S. The molecule has 0 aliphatic heterocycles. The second-order valence-electron chi connectivity index (χ2n) is 4.87. The molecule has 2 aromatic rings. The molecule has 6 heteroatoms. The fraction of sp³-hybridized carbons (Fsp3) is 0.250. The van der Waals surface area contributed by atoms with Gasteiger partial charge in [-0.05, 0) is 22.4 Å². The number of carbonyl (C=O) groups excluding carboxylic acids is 1. The summed E-state index contributed by atoms with van der Waals surface area (Å²) in [5, 5.41) is 30.5. The molecule has 22 heavy (non-hydrogen) atoms. The first-order valence-electron chi connectivity index (χ1n) is 6.66. The Morgan fingerprint density at radius 1 is 1.09 bits per heavy atom. The van der Waals surface area contributed by atoms with Gasteiger partial charge in [0.2, 0.25) is 0 Å². The van der Waals surface area contributed by atoms with Crippen LogP contribution in [0.4, 0.5) is 0 Å². The van der Waals surface area contributed by atoms with E-state index in [4.69, 9.17) is 0 Å². The van der Waals surface area contributed by atoms with Gasteiger partial charge >= 0.3 is 5.97 Å². The lowest BCUT2D eigenvalue weighted by molar-refractivity contribution is -0.109. The van der Waals surface area contributed by atoms with E-state index in [0.29, 0.717) is 16.3 Å². The molecule has 2 rings (SSSR count). The van der Waals surface area contributed by atoms with Crippen LogP contribution in [-0.2, 0) is 4.79 Å². The van der Waals surface area contributed by atoms with Crippen molar-refractivity contribution in [3.63, 3.8) is 0 Å². The van der Waals surface area contributed by atoms with Gasteiger partial charge in [0.15, 0.2) is 5.12 Å². The lowest BCUT2D eigenvalue weighted by atomic mass is 9.95. The van der Waals surface area contributed by atoms with Crippen molar-refractivity contribution in [2.24, 2.45) is 0 Å². The largest absolute Gasteiger partial charge is 0.478 e. The number of carboxylic acids is 1. The van der Waals surface area contributed by atoms with Gasteiger partial charge in [0.1, 0.15) is 6.10 Å². The summed E-state index contributed by atoms with van der Waals surface area (Å²) in [6.45, 7) is 1.39. The Labute approximate surface area is 131 Å². The minimum absolute atomic E-state index is 0.0749. The Morgan fingerprint density at radius 3 is 2.36 bits per heavy atom. The summed E-state index contributed by atoms with van der Waals surface area (Å²) in [5.41, 5.74) is 0.580. The fourth-order valence-electron chi connectivity index (χ4n) is 2.28. The molecule has 0 spiro atoms. The summed E-state index contributed by atoms with van der Waals surface area (Å²) < 4.78 is 0. The zero-order chi connectivity index (χ0) is 16.3. The van der Waals surface area contributed by atoms with Crippen LogP contribution in [0, 0.1) is 0 Å². The summed E-state index contributed by atoms with van der Waals surface area (Å²) in [5.74, 6) is -0.976. The molecule has 2 atom stereocenters. The van der Waals surface area contributed by atoms with E-state index in [-0.39, 0.29) is 16.4 Å². The van der Waals surface area contributed by atoms with Gasteiger partial charge in [-0.2, -0.15) is 0 Å². The van der Waals surface area contributed by atoms with Crippen LogP contribution in [0.2, 0.25) is 0 Å². The van der Waals surface area contributed by atoms with Crippen LogP contribution in [0.25, 0.3) is 10.8 Å². The summed E-state index contributed by atoms with van der Waals surface area (Å²) in [6.07, 6.45) is -2.31. The number of carbonyl (C=O) groups is 2. The number of benzene rings is 2. The topological polar surface area (TPSA) is 94.8 Å². The number of hydrogen-bond donors (Lipinski definition) is 3. The van der Waals surface area contributed by atoms with Gasteiger partial charge in [-0.1, -0.05) is 42.1 Å². The zero-order valence-electron chi connectivity index (χ0n) is 11.9. The molecule has 0 saturated carbocycles. The van der Waals surface area contributed by atoms with Crippen molar-refractivity contribution in [2.75, 3.05) is 5.75 Å². The van der Waals surface area contributed by atoms with Gasteiger partial charge in [0, 0.05) is 12.7 Å². The quantitative estimate of drug-likeness (QED) is 0.782. The molecule has 116 valence electrons. The Balaban J connectivity index is 2.41. The summed E-state index contributed by atoms with van der Waals surface area (Å²) in [6, 6.07) is 9.72. The van der Waals surface area contributed by atoms with E-state index in [1.54, 1.807) is 30.3 Å². The highest BCUT2D eigenvalue weighted by Gasteiger charge is 2.22. The van der Waals surface area contributed by atoms with E-state index < -0.39 is 18.2 Å². The minimum Gasteiger partial charge on any atom is -0.478 e. The molecule has 0 aromatic heterocycles. The maximum Gasteiger partial charge on any atom is 0.336 e. The van der Waals surface area contributed by atoms with E-state index >= 15 is 0 Å². The number of aromatic carboxylic acids is 1. The van der Waals surface area contributed by atoms with Gasteiger partial charge in [-0.15, -0.1) is 0 Å². The molecule has 0 fully saturated rings.